The fraction of sp³-hybridized carbons (Fsp3) is 0.400. The molecule has 0 aliphatic rings. The summed E-state index contributed by atoms with van der Waals surface area (Å²) in [6.07, 6.45) is -0.150. The van der Waals surface area contributed by atoms with Gasteiger partial charge < -0.3 is 14.8 Å². The first-order chi connectivity index (χ1) is 10.8. The van der Waals surface area contributed by atoms with E-state index in [1.807, 2.05) is 0 Å². The summed E-state index contributed by atoms with van der Waals surface area (Å²) in [5.41, 5.74) is -0.425. The van der Waals surface area contributed by atoms with Crippen molar-refractivity contribution in [1.82, 2.24) is 5.32 Å². The summed E-state index contributed by atoms with van der Waals surface area (Å²) in [6.45, 7) is 1.53. The molecule has 0 saturated carbocycles. The Morgan fingerprint density at radius 1 is 1.17 bits per heavy atom. The zero-order valence-electron chi connectivity index (χ0n) is 12.9. The summed E-state index contributed by atoms with van der Waals surface area (Å²) in [7, 11) is 2.31. The summed E-state index contributed by atoms with van der Waals surface area (Å²) >= 11 is 0. The van der Waals surface area contributed by atoms with Gasteiger partial charge in [0.2, 0.25) is 0 Å². The Hall–Kier alpha value is -2.51. The van der Waals surface area contributed by atoms with Gasteiger partial charge in [-0.05, 0) is 18.1 Å². The molecule has 0 fully saturated rings. The topological polar surface area (TPSA) is 81.7 Å². The largest absolute Gasteiger partial charge is 0.469 e. The third-order valence-electron chi connectivity index (χ3n) is 3.20. The minimum absolute atomic E-state index is 0.150. The zero-order chi connectivity index (χ0) is 17.6. The number of halogens is 2. The second kappa shape index (κ2) is 8.21. The van der Waals surface area contributed by atoms with Gasteiger partial charge in [0.05, 0.1) is 26.2 Å². The van der Waals surface area contributed by atoms with Gasteiger partial charge in [-0.2, -0.15) is 0 Å². The van der Waals surface area contributed by atoms with Crippen molar-refractivity contribution in [3.8, 4) is 0 Å². The van der Waals surface area contributed by atoms with Crippen molar-refractivity contribution in [2.45, 2.75) is 19.4 Å². The molecule has 0 aliphatic heterocycles. The van der Waals surface area contributed by atoms with E-state index < -0.39 is 47.0 Å². The van der Waals surface area contributed by atoms with Crippen LogP contribution in [0.1, 0.15) is 23.7 Å². The molecule has 1 rings (SSSR count). The number of nitrogens with one attached hydrogen (secondary N) is 1. The van der Waals surface area contributed by atoms with Gasteiger partial charge in [0.15, 0.2) is 0 Å². The Morgan fingerprint density at radius 2 is 1.83 bits per heavy atom. The van der Waals surface area contributed by atoms with Crippen LogP contribution >= 0.6 is 0 Å². The molecule has 0 saturated heterocycles. The number of benzene rings is 1. The molecule has 2 atom stereocenters. The average molecular weight is 329 g/mol. The molecular weight excluding hydrogens is 312 g/mol. The number of carbonyl (C=O) groups excluding carboxylic acids is 3. The van der Waals surface area contributed by atoms with Crippen molar-refractivity contribution >= 4 is 17.8 Å². The Morgan fingerprint density at radius 3 is 2.35 bits per heavy atom. The zero-order valence-corrected chi connectivity index (χ0v) is 12.9. The number of carbonyl (C=O) groups is 3. The number of methoxy groups -OCH3 is 2. The highest BCUT2D eigenvalue weighted by molar-refractivity contribution is 5.97. The quantitative estimate of drug-likeness (QED) is 0.799. The summed E-state index contributed by atoms with van der Waals surface area (Å²) < 4.78 is 35.6. The average Bonchev–Trinajstić information content (AvgIpc) is 2.51. The molecule has 0 aromatic heterocycles. The molecule has 6 nitrogen and oxygen atoms in total. The van der Waals surface area contributed by atoms with Gasteiger partial charge in [-0.3, -0.25) is 9.59 Å². The van der Waals surface area contributed by atoms with Crippen molar-refractivity contribution in [3.63, 3.8) is 0 Å². The number of hydrogen-bond acceptors (Lipinski definition) is 5. The third kappa shape index (κ3) is 5.01. The Balaban J connectivity index is 2.94. The number of amides is 1. The molecule has 23 heavy (non-hydrogen) atoms. The van der Waals surface area contributed by atoms with Crippen LogP contribution in [0.3, 0.4) is 0 Å². The van der Waals surface area contributed by atoms with Crippen LogP contribution in [-0.2, 0) is 19.1 Å². The summed E-state index contributed by atoms with van der Waals surface area (Å²) in [5.74, 6) is -4.84. The summed E-state index contributed by atoms with van der Waals surface area (Å²) in [5, 5.41) is 2.29. The monoisotopic (exact) mass is 329 g/mol. The van der Waals surface area contributed by atoms with Gasteiger partial charge in [-0.25, -0.2) is 13.6 Å². The van der Waals surface area contributed by atoms with E-state index in [1.165, 1.54) is 14.0 Å². The van der Waals surface area contributed by atoms with Crippen molar-refractivity contribution in [2.75, 3.05) is 14.2 Å². The second-order valence-electron chi connectivity index (χ2n) is 4.86. The van der Waals surface area contributed by atoms with E-state index >= 15 is 0 Å². The van der Waals surface area contributed by atoms with Gasteiger partial charge in [-0.15, -0.1) is 0 Å². The Bertz CT molecular complexity index is 606. The highest BCUT2D eigenvalue weighted by Gasteiger charge is 2.30. The van der Waals surface area contributed by atoms with E-state index in [9.17, 15) is 23.2 Å². The first-order valence-corrected chi connectivity index (χ1v) is 6.70. The molecule has 126 valence electrons. The molecule has 1 aromatic rings. The van der Waals surface area contributed by atoms with Crippen LogP contribution in [0.4, 0.5) is 8.78 Å². The predicted molar refractivity (Wildman–Crippen MR) is 75.4 cm³/mol. The number of hydrogen-bond donors (Lipinski definition) is 1. The van der Waals surface area contributed by atoms with Crippen LogP contribution in [0.15, 0.2) is 18.2 Å². The lowest BCUT2D eigenvalue weighted by molar-refractivity contribution is -0.146. The summed E-state index contributed by atoms with van der Waals surface area (Å²) in [6, 6.07) is 1.25. The van der Waals surface area contributed by atoms with Gasteiger partial charge in [-0.1, -0.05) is 6.92 Å². The van der Waals surface area contributed by atoms with Crippen molar-refractivity contribution in [3.05, 3.63) is 35.4 Å². The van der Waals surface area contributed by atoms with Crippen molar-refractivity contribution in [1.29, 1.82) is 0 Å². The first kappa shape index (κ1) is 18.5. The van der Waals surface area contributed by atoms with Crippen LogP contribution in [0.2, 0.25) is 0 Å². The molecule has 1 amide bonds. The fourth-order valence-electron chi connectivity index (χ4n) is 1.92. The van der Waals surface area contributed by atoms with E-state index in [-0.39, 0.29) is 6.42 Å². The Kier molecular flexibility index (Phi) is 6.62. The lowest BCUT2D eigenvalue weighted by Crippen LogP contribution is -2.46. The minimum atomic E-state index is -1.18. The molecule has 8 heteroatoms. The van der Waals surface area contributed by atoms with Crippen LogP contribution in [0.25, 0.3) is 0 Å². The minimum Gasteiger partial charge on any atom is -0.469 e. The maximum atomic E-state index is 13.6. The highest BCUT2D eigenvalue weighted by atomic mass is 19.1. The van der Waals surface area contributed by atoms with Crippen LogP contribution in [-0.4, -0.2) is 38.1 Å². The maximum Gasteiger partial charge on any atom is 0.328 e. The maximum absolute atomic E-state index is 13.6. The fourth-order valence-corrected chi connectivity index (χ4v) is 1.92. The van der Waals surface area contributed by atoms with Gasteiger partial charge in [0.1, 0.15) is 17.7 Å². The van der Waals surface area contributed by atoms with Crippen LogP contribution in [0, 0.1) is 17.6 Å². The standard InChI is InChI=1S/C15H17F2NO5/c1-8(6-12(19)22-2)13(15(21)23-3)18-14(20)10-5-4-9(16)7-11(10)17/h4-5,7-8,13H,6H2,1-3H3,(H,18,20)/t8-,13+/m1/s1. The number of ether oxygens (including phenoxy) is 2. The smallest absolute Gasteiger partial charge is 0.328 e. The molecule has 0 unspecified atom stereocenters. The van der Waals surface area contributed by atoms with E-state index in [1.54, 1.807) is 0 Å². The normalized spacial score (nSPS) is 12.9. The molecule has 0 aliphatic carbocycles. The van der Waals surface area contributed by atoms with E-state index in [4.69, 9.17) is 0 Å². The van der Waals surface area contributed by atoms with Crippen molar-refractivity contribution < 1.29 is 32.6 Å². The SMILES string of the molecule is COC(=O)C[C@@H](C)[C@H](NC(=O)c1ccc(F)cc1F)C(=O)OC. The second-order valence-corrected chi connectivity index (χ2v) is 4.86. The molecule has 0 heterocycles. The van der Waals surface area contributed by atoms with Gasteiger partial charge in [0, 0.05) is 6.07 Å². The lowest BCUT2D eigenvalue weighted by atomic mass is 9.97. The molecular formula is C15H17F2NO5. The lowest BCUT2D eigenvalue weighted by Gasteiger charge is -2.22. The summed E-state index contributed by atoms with van der Waals surface area (Å²) in [4.78, 5) is 35.2. The molecule has 0 radical (unpaired) electrons. The van der Waals surface area contributed by atoms with Gasteiger partial charge >= 0.3 is 11.9 Å². The first-order valence-electron chi connectivity index (χ1n) is 6.70. The predicted octanol–water partition coefficient (Wildman–Crippen LogP) is 1.44. The van der Waals surface area contributed by atoms with Crippen LogP contribution < -0.4 is 5.32 Å². The van der Waals surface area contributed by atoms with E-state index in [0.717, 1.165) is 19.2 Å². The number of esters is 2. The Labute approximate surface area is 131 Å². The van der Waals surface area contributed by atoms with Crippen molar-refractivity contribution in [2.24, 2.45) is 5.92 Å². The van der Waals surface area contributed by atoms with E-state index in [2.05, 4.69) is 14.8 Å². The van der Waals surface area contributed by atoms with E-state index in [0.29, 0.717) is 6.07 Å². The van der Waals surface area contributed by atoms with Gasteiger partial charge in [0.25, 0.3) is 5.91 Å². The van der Waals surface area contributed by atoms with Crippen LogP contribution in [0.5, 0.6) is 0 Å². The number of rotatable bonds is 6. The third-order valence-corrected chi connectivity index (χ3v) is 3.20. The highest BCUT2D eigenvalue weighted by Crippen LogP contribution is 2.14. The molecule has 1 N–H and O–H groups in total. The molecule has 1 aromatic carbocycles. The molecule has 0 spiro atoms. The molecule has 0 bridgehead atoms.